The highest BCUT2D eigenvalue weighted by molar-refractivity contribution is 7.92. The van der Waals surface area contributed by atoms with Gasteiger partial charge < -0.3 is 10.1 Å². The summed E-state index contributed by atoms with van der Waals surface area (Å²) >= 11 is 6.12. The van der Waals surface area contributed by atoms with Crippen LogP contribution in [0.2, 0.25) is 5.02 Å². The van der Waals surface area contributed by atoms with Crippen LogP contribution in [0.3, 0.4) is 0 Å². The lowest BCUT2D eigenvalue weighted by Crippen LogP contribution is -2.17. The minimum absolute atomic E-state index is 0.0252. The van der Waals surface area contributed by atoms with Crippen molar-refractivity contribution in [2.45, 2.75) is 11.3 Å². The molecule has 1 amide bonds. The van der Waals surface area contributed by atoms with Crippen molar-refractivity contribution in [2.24, 2.45) is 0 Å². The lowest BCUT2D eigenvalue weighted by molar-refractivity contribution is -0.274. The number of hydrogen-bond acceptors (Lipinski definition) is 4. The third-order valence-corrected chi connectivity index (χ3v) is 5.58. The van der Waals surface area contributed by atoms with E-state index in [0.29, 0.717) is 0 Å². The minimum atomic E-state index is -4.82. The Kier molecular flexibility index (Phi) is 6.42. The Morgan fingerprint density at radius 2 is 1.52 bits per heavy atom. The van der Waals surface area contributed by atoms with Gasteiger partial charge in [0.05, 0.1) is 21.2 Å². The van der Waals surface area contributed by atoms with Crippen molar-refractivity contribution in [3.63, 3.8) is 0 Å². The van der Waals surface area contributed by atoms with E-state index in [9.17, 15) is 26.4 Å². The summed E-state index contributed by atoms with van der Waals surface area (Å²) in [5.74, 6) is -1.06. The molecule has 0 radical (unpaired) electrons. The Labute approximate surface area is 180 Å². The van der Waals surface area contributed by atoms with Gasteiger partial charge in [0.2, 0.25) is 0 Å². The number of hydrogen-bond donors (Lipinski definition) is 2. The first kappa shape index (κ1) is 22.4. The van der Waals surface area contributed by atoms with Crippen molar-refractivity contribution in [1.29, 1.82) is 0 Å². The zero-order chi connectivity index (χ0) is 22.6. The predicted molar refractivity (Wildman–Crippen MR) is 110 cm³/mol. The first-order valence-electron chi connectivity index (χ1n) is 8.58. The fourth-order valence-electron chi connectivity index (χ4n) is 2.51. The molecule has 6 nitrogen and oxygen atoms in total. The maximum Gasteiger partial charge on any atom is 0.573 e. The van der Waals surface area contributed by atoms with E-state index >= 15 is 0 Å². The van der Waals surface area contributed by atoms with Crippen LogP contribution in [-0.4, -0.2) is 20.7 Å². The molecule has 3 aromatic rings. The third kappa shape index (κ3) is 6.12. The first-order valence-corrected chi connectivity index (χ1v) is 10.4. The first-order chi connectivity index (χ1) is 14.5. The third-order valence-electron chi connectivity index (χ3n) is 3.87. The summed E-state index contributed by atoms with van der Waals surface area (Å²) in [4.78, 5) is 12.5. The second-order valence-corrected chi connectivity index (χ2v) is 8.23. The fraction of sp³-hybridized carbons (Fsp3) is 0.0500. The molecule has 0 aliphatic carbocycles. The van der Waals surface area contributed by atoms with Gasteiger partial charge in [-0.1, -0.05) is 29.8 Å². The smallest absolute Gasteiger partial charge is 0.406 e. The SMILES string of the molecule is O=C(Nc1ccc(OC(F)(F)F)cc1)c1ccc(NS(=O)(=O)c2ccccc2)cc1Cl. The Morgan fingerprint density at radius 3 is 2.10 bits per heavy atom. The number of amides is 1. The second kappa shape index (κ2) is 8.86. The summed E-state index contributed by atoms with van der Waals surface area (Å²) in [5, 5.41) is 2.46. The lowest BCUT2D eigenvalue weighted by Gasteiger charge is -2.12. The summed E-state index contributed by atoms with van der Waals surface area (Å²) in [7, 11) is -3.83. The molecule has 3 aromatic carbocycles. The van der Waals surface area contributed by atoms with Crippen molar-refractivity contribution < 1.29 is 31.1 Å². The van der Waals surface area contributed by atoms with Crippen LogP contribution >= 0.6 is 11.6 Å². The van der Waals surface area contributed by atoms with Crippen LogP contribution in [0.15, 0.2) is 77.7 Å². The molecule has 0 aromatic heterocycles. The topological polar surface area (TPSA) is 84.5 Å². The summed E-state index contributed by atoms with van der Waals surface area (Å²) in [6.45, 7) is 0. The van der Waals surface area contributed by atoms with Gasteiger partial charge >= 0.3 is 6.36 Å². The Balaban J connectivity index is 1.70. The highest BCUT2D eigenvalue weighted by Crippen LogP contribution is 2.26. The molecule has 0 heterocycles. The predicted octanol–water partition coefficient (Wildman–Crippen LogP) is 5.29. The second-order valence-electron chi connectivity index (χ2n) is 6.14. The number of alkyl halides is 3. The van der Waals surface area contributed by atoms with Gasteiger partial charge in [-0.05, 0) is 54.6 Å². The highest BCUT2D eigenvalue weighted by Gasteiger charge is 2.31. The molecule has 0 spiro atoms. The Bertz CT molecular complexity index is 1190. The van der Waals surface area contributed by atoms with E-state index in [4.69, 9.17) is 11.6 Å². The van der Waals surface area contributed by atoms with Crippen LogP contribution in [0, 0.1) is 0 Å². The van der Waals surface area contributed by atoms with Crippen LogP contribution in [0.5, 0.6) is 5.75 Å². The van der Waals surface area contributed by atoms with Crippen LogP contribution < -0.4 is 14.8 Å². The molecular formula is C20H14ClF3N2O4S. The monoisotopic (exact) mass is 470 g/mol. The molecule has 3 rings (SSSR count). The quantitative estimate of drug-likeness (QED) is 0.512. The van der Waals surface area contributed by atoms with Gasteiger partial charge in [0, 0.05) is 5.69 Å². The van der Waals surface area contributed by atoms with E-state index in [1.165, 1.54) is 42.5 Å². The maximum absolute atomic E-state index is 12.4. The normalized spacial score (nSPS) is 11.6. The molecule has 162 valence electrons. The van der Waals surface area contributed by atoms with E-state index in [2.05, 4.69) is 14.8 Å². The number of ether oxygens (including phenoxy) is 1. The van der Waals surface area contributed by atoms with Crippen LogP contribution in [0.4, 0.5) is 24.5 Å². The molecule has 0 atom stereocenters. The molecular weight excluding hydrogens is 457 g/mol. The molecule has 0 bridgehead atoms. The zero-order valence-corrected chi connectivity index (χ0v) is 17.1. The van der Waals surface area contributed by atoms with Gasteiger partial charge in [-0.15, -0.1) is 13.2 Å². The van der Waals surface area contributed by atoms with Gasteiger partial charge in [-0.25, -0.2) is 8.42 Å². The number of anilines is 2. The van der Waals surface area contributed by atoms with E-state index < -0.39 is 28.0 Å². The lowest BCUT2D eigenvalue weighted by atomic mass is 10.2. The summed E-state index contributed by atoms with van der Waals surface area (Å²) < 4.78 is 67.5. The van der Waals surface area contributed by atoms with Crippen LogP contribution in [0.25, 0.3) is 0 Å². The zero-order valence-electron chi connectivity index (χ0n) is 15.5. The van der Waals surface area contributed by atoms with Crippen molar-refractivity contribution in [2.75, 3.05) is 10.0 Å². The summed E-state index contributed by atoms with van der Waals surface area (Å²) in [5.41, 5.74) is 0.406. The number of halogens is 4. The van der Waals surface area contributed by atoms with Crippen molar-refractivity contribution in [1.82, 2.24) is 0 Å². The van der Waals surface area contributed by atoms with Crippen molar-refractivity contribution in [3.8, 4) is 5.75 Å². The standard InChI is InChI=1S/C20H14ClF3N2O4S/c21-18-12-14(26-31(28,29)16-4-2-1-3-5-16)8-11-17(18)19(27)25-13-6-9-15(10-7-13)30-20(22,23)24/h1-12,26H,(H,25,27). The number of rotatable bonds is 6. The Hall–Kier alpha value is -3.24. The van der Waals surface area contributed by atoms with E-state index in [1.54, 1.807) is 18.2 Å². The van der Waals surface area contributed by atoms with Gasteiger partial charge in [0.25, 0.3) is 15.9 Å². The number of carbonyl (C=O) groups excluding carboxylic acids is 1. The van der Waals surface area contributed by atoms with Crippen LogP contribution in [0.1, 0.15) is 10.4 Å². The summed E-state index contributed by atoms with van der Waals surface area (Å²) in [6.07, 6.45) is -4.82. The molecule has 2 N–H and O–H groups in total. The largest absolute Gasteiger partial charge is 0.573 e. The number of benzene rings is 3. The van der Waals surface area contributed by atoms with Gasteiger partial charge in [-0.2, -0.15) is 0 Å². The summed E-state index contributed by atoms with van der Waals surface area (Å²) in [6, 6.07) is 16.2. The van der Waals surface area contributed by atoms with E-state index in [0.717, 1.165) is 12.1 Å². The van der Waals surface area contributed by atoms with Crippen molar-refractivity contribution in [3.05, 3.63) is 83.4 Å². The number of nitrogens with one attached hydrogen (secondary N) is 2. The molecule has 0 aliphatic heterocycles. The van der Waals surface area contributed by atoms with Gasteiger partial charge in [0.15, 0.2) is 0 Å². The molecule has 11 heteroatoms. The molecule has 31 heavy (non-hydrogen) atoms. The molecule has 0 saturated carbocycles. The fourth-order valence-corrected chi connectivity index (χ4v) is 3.85. The molecule has 0 unspecified atom stereocenters. The average molecular weight is 471 g/mol. The van der Waals surface area contributed by atoms with Crippen LogP contribution in [-0.2, 0) is 10.0 Å². The highest BCUT2D eigenvalue weighted by atomic mass is 35.5. The van der Waals surface area contributed by atoms with E-state index in [1.807, 2.05) is 0 Å². The average Bonchev–Trinajstić information content (AvgIpc) is 2.69. The number of sulfonamides is 1. The molecule has 0 saturated heterocycles. The minimum Gasteiger partial charge on any atom is -0.406 e. The van der Waals surface area contributed by atoms with Gasteiger partial charge in [0.1, 0.15) is 5.75 Å². The van der Waals surface area contributed by atoms with Crippen molar-refractivity contribution >= 4 is 38.9 Å². The maximum atomic E-state index is 12.4. The number of carbonyl (C=O) groups is 1. The van der Waals surface area contributed by atoms with Gasteiger partial charge in [-0.3, -0.25) is 9.52 Å². The Morgan fingerprint density at radius 1 is 0.903 bits per heavy atom. The molecule has 0 aliphatic rings. The van der Waals surface area contributed by atoms with E-state index in [-0.39, 0.29) is 26.9 Å². The molecule has 0 fully saturated rings.